The van der Waals surface area contributed by atoms with E-state index in [1.165, 1.54) is 45.1 Å². The standard InChI is InChI=1S/C12H23NO/c14-9-12-6-2-5-11(12)8-13-7-10-3-1-4-10/h10-14H,1-9H2. The summed E-state index contributed by atoms with van der Waals surface area (Å²) in [5.74, 6) is 2.30. The molecule has 0 amide bonds. The molecular weight excluding hydrogens is 174 g/mol. The first-order valence-electron chi connectivity index (χ1n) is 6.21. The summed E-state index contributed by atoms with van der Waals surface area (Å²) in [6.07, 6.45) is 8.19. The quantitative estimate of drug-likeness (QED) is 0.704. The van der Waals surface area contributed by atoms with Crippen LogP contribution in [-0.4, -0.2) is 24.8 Å². The number of nitrogens with one attached hydrogen (secondary N) is 1. The Balaban J connectivity index is 1.59. The Labute approximate surface area is 87.1 Å². The van der Waals surface area contributed by atoms with Crippen LogP contribution < -0.4 is 5.32 Å². The maximum atomic E-state index is 9.17. The third-order valence-corrected chi connectivity index (χ3v) is 4.12. The Bertz CT molecular complexity index is 168. The summed E-state index contributed by atoms with van der Waals surface area (Å²) in [6.45, 7) is 2.76. The molecule has 14 heavy (non-hydrogen) atoms. The first-order chi connectivity index (χ1) is 6.90. The summed E-state index contributed by atoms with van der Waals surface area (Å²) in [5.41, 5.74) is 0. The lowest BCUT2D eigenvalue weighted by atomic mass is 9.85. The van der Waals surface area contributed by atoms with E-state index in [2.05, 4.69) is 5.32 Å². The molecular formula is C12H23NO. The van der Waals surface area contributed by atoms with E-state index >= 15 is 0 Å². The Morgan fingerprint density at radius 2 is 1.64 bits per heavy atom. The zero-order chi connectivity index (χ0) is 9.80. The van der Waals surface area contributed by atoms with Crippen molar-refractivity contribution in [2.75, 3.05) is 19.7 Å². The maximum absolute atomic E-state index is 9.17. The van der Waals surface area contributed by atoms with Crippen molar-refractivity contribution in [2.45, 2.75) is 38.5 Å². The molecule has 2 N–H and O–H groups in total. The third kappa shape index (κ3) is 2.48. The predicted octanol–water partition coefficient (Wildman–Crippen LogP) is 1.78. The fourth-order valence-corrected chi connectivity index (χ4v) is 2.79. The Morgan fingerprint density at radius 1 is 0.929 bits per heavy atom. The highest BCUT2D eigenvalue weighted by Gasteiger charge is 2.26. The van der Waals surface area contributed by atoms with Gasteiger partial charge in [0.15, 0.2) is 0 Å². The topological polar surface area (TPSA) is 32.3 Å². The second-order valence-electron chi connectivity index (χ2n) is 5.09. The smallest absolute Gasteiger partial charge is 0.0462 e. The summed E-state index contributed by atoms with van der Waals surface area (Å²) in [4.78, 5) is 0. The van der Waals surface area contributed by atoms with Gasteiger partial charge in [-0.2, -0.15) is 0 Å². The van der Waals surface area contributed by atoms with Crippen LogP contribution in [0.1, 0.15) is 38.5 Å². The molecule has 2 atom stereocenters. The fraction of sp³-hybridized carbons (Fsp3) is 1.00. The van der Waals surface area contributed by atoms with Gasteiger partial charge >= 0.3 is 0 Å². The lowest BCUT2D eigenvalue weighted by molar-refractivity contribution is 0.189. The summed E-state index contributed by atoms with van der Waals surface area (Å²) in [5, 5.41) is 12.8. The molecule has 0 bridgehead atoms. The minimum absolute atomic E-state index is 0.399. The molecule has 0 saturated heterocycles. The molecule has 0 aliphatic heterocycles. The lowest BCUT2D eigenvalue weighted by Crippen LogP contribution is -2.32. The molecule has 0 aromatic carbocycles. The number of aliphatic hydroxyl groups is 1. The van der Waals surface area contributed by atoms with Crippen LogP contribution in [0.4, 0.5) is 0 Å². The van der Waals surface area contributed by atoms with Gasteiger partial charge in [0, 0.05) is 6.61 Å². The van der Waals surface area contributed by atoms with Crippen molar-refractivity contribution in [3.63, 3.8) is 0 Å². The van der Waals surface area contributed by atoms with E-state index in [0.29, 0.717) is 12.5 Å². The maximum Gasteiger partial charge on any atom is 0.0462 e. The molecule has 2 aliphatic carbocycles. The van der Waals surface area contributed by atoms with Gasteiger partial charge in [-0.15, -0.1) is 0 Å². The van der Waals surface area contributed by atoms with Gasteiger partial charge in [0.05, 0.1) is 0 Å². The lowest BCUT2D eigenvalue weighted by Gasteiger charge is -2.27. The Hall–Kier alpha value is -0.0800. The first kappa shape index (κ1) is 10.4. The average molecular weight is 197 g/mol. The minimum Gasteiger partial charge on any atom is -0.396 e. The number of hydrogen-bond donors (Lipinski definition) is 2. The second-order valence-corrected chi connectivity index (χ2v) is 5.09. The molecule has 2 rings (SSSR count). The zero-order valence-corrected chi connectivity index (χ0v) is 9.04. The van der Waals surface area contributed by atoms with Crippen LogP contribution in [0.2, 0.25) is 0 Å². The molecule has 0 aromatic rings. The van der Waals surface area contributed by atoms with Gasteiger partial charge in [-0.1, -0.05) is 12.8 Å². The van der Waals surface area contributed by atoms with Crippen LogP contribution in [0.5, 0.6) is 0 Å². The number of rotatable bonds is 5. The highest BCUT2D eigenvalue weighted by molar-refractivity contribution is 4.79. The predicted molar refractivity (Wildman–Crippen MR) is 58.1 cm³/mol. The number of aliphatic hydroxyl groups excluding tert-OH is 1. The average Bonchev–Trinajstić information content (AvgIpc) is 2.56. The highest BCUT2D eigenvalue weighted by Crippen LogP contribution is 2.31. The summed E-state index contributed by atoms with van der Waals surface area (Å²) in [6, 6.07) is 0. The van der Waals surface area contributed by atoms with Crippen molar-refractivity contribution < 1.29 is 5.11 Å². The molecule has 2 heteroatoms. The fourth-order valence-electron chi connectivity index (χ4n) is 2.79. The van der Waals surface area contributed by atoms with Gasteiger partial charge in [-0.25, -0.2) is 0 Å². The highest BCUT2D eigenvalue weighted by atomic mass is 16.3. The number of hydrogen-bond acceptors (Lipinski definition) is 2. The van der Waals surface area contributed by atoms with Crippen LogP contribution in [0.3, 0.4) is 0 Å². The first-order valence-corrected chi connectivity index (χ1v) is 6.21. The van der Waals surface area contributed by atoms with Gasteiger partial charge in [0.2, 0.25) is 0 Å². The summed E-state index contributed by atoms with van der Waals surface area (Å²) < 4.78 is 0. The van der Waals surface area contributed by atoms with Gasteiger partial charge in [0.1, 0.15) is 0 Å². The van der Waals surface area contributed by atoms with Gasteiger partial charge < -0.3 is 10.4 Å². The summed E-state index contributed by atoms with van der Waals surface area (Å²) in [7, 11) is 0. The largest absolute Gasteiger partial charge is 0.396 e. The van der Waals surface area contributed by atoms with Crippen molar-refractivity contribution >= 4 is 0 Å². The van der Waals surface area contributed by atoms with Gasteiger partial charge in [-0.3, -0.25) is 0 Å². The van der Waals surface area contributed by atoms with E-state index in [9.17, 15) is 5.11 Å². The van der Waals surface area contributed by atoms with Crippen molar-refractivity contribution in [3.8, 4) is 0 Å². The van der Waals surface area contributed by atoms with Crippen molar-refractivity contribution in [3.05, 3.63) is 0 Å². The van der Waals surface area contributed by atoms with Crippen LogP contribution in [0.25, 0.3) is 0 Å². The van der Waals surface area contributed by atoms with Gasteiger partial charge in [-0.05, 0) is 56.5 Å². The van der Waals surface area contributed by atoms with E-state index in [0.717, 1.165) is 18.4 Å². The summed E-state index contributed by atoms with van der Waals surface area (Å²) >= 11 is 0. The molecule has 0 spiro atoms. The van der Waals surface area contributed by atoms with Gasteiger partial charge in [0.25, 0.3) is 0 Å². The molecule has 2 unspecified atom stereocenters. The molecule has 0 aromatic heterocycles. The normalized spacial score (nSPS) is 33.2. The molecule has 2 aliphatic rings. The SMILES string of the molecule is OCC1CCCC1CNCC1CCC1. The van der Waals surface area contributed by atoms with Crippen LogP contribution in [-0.2, 0) is 0 Å². The molecule has 82 valence electrons. The van der Waals surface area contributed by atoms with E-state index in [1.807, 2.05) is 0 Å². The van der Waals surface area contributed by atoms with Crippen LogP contribution >= 0.6 is 0 Å². The van der Waals surface area contributed by atoms with Crippen molar-refractivity contribution in [2.24, 2.45) is 17.8 Å². The molecule has 0 heterocycles. The van der Waals surface area contributed by atoms with Crippen LogP contribution in [0, 0.1) is 17.8 Å². The van der Waals surface area contributed by atoms with E-state index in [-0.39, 0.29) is 0 Å². The Kier molecular flexibility index (Phi) is 3.82. The monoisotopic (exact) mass is 197 g/mol. The molecule has 2 fully saturated rings. The van der Waals surface area contributed by atoms with Crippen molar-refractivity contribution in [1.82, 2.24) is 5.32 Å². The zero-order valence-electron chi connectivity index (χ0n) is 9.04. The Morgan fingerprint density at radius 3 is 2.29 bits per heavy atom. The van der Waals surface area contributed by atoms with E-state index in [1.54, 1.807) is 0 Å². The second kappa shape index (κ2) is 5.13. The molecule has 2 saturated carbocycles. The van der Waals surface area contributed by atoms with E-state index < -0.39 is 0 Å². The minimum atomic E-state index is 0.399. The third-order valence-electron chi connectivity index (χ3n) is 4.12. The van der Waals surface area contributed by atoms with Crippen molar-refractivity contribution in [1.29, 1.82) is 0 Å². The molecule has 2 nitrogen and oxygen atoms in total. The van der Waals surface area contributed by atoms with E-state index in [4.69, 9.17) is 0 Å². The van der Waals surface area contributed by atoms with Crippen LogP contribution in [0.15, 0.2) is 0 Å². The molecule has 0 radical (unpaired) electrons.